The maximum atomic E-state index is 13.5. The molecule has 2 fully saturated rings. The Morgan fingerprint density at radius 3 is 2.67 bits per heavy atom. The molecule has 0 aliphatic carbocycles. The lowest BCUT2D eigenvalue weighted by Crippen LogP contribution is -2.49. The van der Waals surface area contributed by atoms with Crippen molar-refractivity contribution in [2.75, 3.05) is 44.2 Å². The molecule has 4 rings (SSSR count). The Kier molecular flexibility index (Phi) is 7.58. The summed E-state index contributed by atoms with van der Waals surface area (Å²) < 4.78 is 35.5. The number of anilines is 1. The maximum absolute atomic E-state index is 13.5. The van der Waals surface area contributed by atoms with Crippen molar-refractivity contribution in [1.82, 2.24) is 19.4 Å². The Bertz CT molecular complexity index is 1080. The van der Waals surface area contributed by atoms with Crippen molar-refractivity contribution in [1.29, 1.82) is 0 Å². The zero-order chi connectivity index (χ0) is 23.4. The van der Waals surface area contributed by atoms with Gasteiger partial charge in [0.2, 0.25) is 5.03 Å². The molecule has 0 spiro atoms. The number of hydrogen-bond donors (Lipinski definition) is 1. The molecule has 3 heterocycles. The van der Waals surface area contributed by atoms with E-state index in [1.54, 1.807) is 0 Å². The van der Waals surface area contributed by atoms with Crippen LogP contribution in [0, 0.1) is 0 Å². The lowest BCUT2D eigenvalue weighted by Gasteiger charge is -2.35. The number of halogens is 1. The van der Waals surface area contributed by atoms with E-state index in [4.69, 9.17) is 16.3 Å². The number of rotatable bonds is 8. The van der Waals surface area contributed by atoms with Gasteiger partial charge in [0.15, 0.2) is 0 Å². The molecule has 33 heavy (non-hydrogen) atoms. The number of ether oxygens (including phenoxy) is 1. The van der Waals surface area contributed by atoms with Crippen LogP contribution in [0.4, 0.5) is 5.69 Å². The van der Waals surface area contributed by atoms with E-state index in [2.05, 4.69) is 15.3 Å². The Morgan fingerprint density at radius 2 is 2.00 bits per heavy atom. The van der Waals surface area contributed by atoms with Crippen molar-refractivity contribution in [3.05, 3.63) is 41.0 Å². The molecule has 2 aromatic rings. The first kappa shape index (κ1) is 24.0. The third-order valence-electron chi connectivity index (χ3n) is 5.96. The number of carbonyl (C=O) groups excluding carboxylic acids is 1. The van der Waals surface area contributed by atoms with Gasteiger partial charge in [-0.3, -0.25) is 9.48 Å². The zero-order valence-electron chi connectivity index (χ0n) is 18.7. The SMILES string of the molecule is CCCn1cc(C(=O)NC[C@@H]2CCCO2)c(S(=O)(=O)N2CCN(c3ccccc3Cl)CC2)n1. The largest absolute Gasteiger partial charge is 0.376 e. The van der Waals surface area contributed by atoms with E-state index in [9.17, 15) is 13.2 Å². The molecule has 0 saturated carbocycles. The van der Waals surface area contributed by atoms with Gasteiger partial charge < -0.3 is 15.0 Å². The van der Waals surface area contributed by atoms with Crippen molar-refractivity contribution in [2.45, 2.75) is 43.9 Å². The number of nitrogens with zero attached hydrogens (tertiary/aromatic N) is 4. The van der Waals surface area contributed by atoms with Gasteiger partial charge in [-0.15, -0.1) is 0 Å². The van der Waals surface area contributed by atoms with Gasteiger partial charge in [0.25, 0.3) is 15.9 Å². The quantitative estimate of drug-likeness (QED) is 0.604. The van der Waals surface area contributed by atoms with E-state index in [1.807, 2.05) is 31.2 Å². The number of piperazine rings is 1. The summed E-state index contributed by atoms with van der Waals surface area (Å²) in [6.45, 7) is 5.11. The second-order valence-electron chi connectivity index (χ2n) is 8.30. The highest BCUT2D eigenvalue weighted by Gasteiger charge is 2.35. The molecular formula is C22H30ClN5O4S. The second-order valence-corrected chi connectivity index (χ2v) is 10.6. The molecule has 1 aromatic carbocycles. The predicted molar refractivity (Wildman–Crippen MR) is 126 cm³/mol. The lowest BCUT2D eigenvalue weighted by molar-refractivity contribution is 0.0855. The van der Waals surface area contributed by atoms with Crippen LogP contribution in [-0.4, -0.2) is 73.8 Å². The van der Waals surface area contributed by atoms with E-state index in [0.717, 1.165) is 24.9 Å². The number of benzene rings is 1. The molecule has 1 N–H and O–H groups in total. The fourth-order valence-corrected chi connectivity index (χ4v) is 5.98. The van der Waals surface area contributed by atoms with Gasteiger partial charge >= 0.3 is 0 Å². The van der Waals surface area contributed by atoms with Crippen LogP contribution in [-0.2, 0) is 21.3 Å². The molecule has 0 radical (unpaired) electrons. The number of carbonyl (C=O) groups is 1. The van der Waals surface area contributed by atoms with Crippen LogP contribution < -0.4 is 10.2 Å². The lowest BCUT2D eigenvalue weighted by atomic mass is 10.2. The molecule has 0 unspecified atom stereocenters. The molecule has 11 heteroatoms. The Balaban J connectivity index is 1.50. The molecule has 1 aromatic heterocycles. The smallest absolute Gasteiger partial charge is 0.263 e. The molecular weight excluding hydrogens is 466 g/mol. The summed E-state index contributed by atoms with van der Waals surface area (Å²) in [4.78, 5) is 15.0. The summed E-state index contributed by atoms with van der Waals surface area (Å²) in [6.07, 6.45) is 4.12. The highest BCUT2D eigenvalue weighted by Crippen LogP contribution is 2.28. The fourth-order valence-electron chi connectivity index (χ4n) is 4.20. The molecule has 2 saturated heterocycles. The van der Waals surface area contributed by atoms with Crippen molar-refractivity contribution in [3.8, 4) is 0 Å². The Labute approximate surface area is 199 Å². The molecule has 1 amide bonds. The molecule has 1 atom stereocenters. The minimum absolute atomic E-state index is 0.0300. The van der Waals surface area contributed by atoms with Gasteiger partial charge in [-0.25, -0.2) is 8.42 Å². The average Bonchev–Trinajstić information content (AvgIpc) is 3.49. The van der Waals surface area contributed by atoms with Crippen LogP contribution in [0.3, 0.4) is 0 Å². The van der Waals surface area contributed by atoms with Crippen molar-refractivity contribution in [2.24, 2.45) is 0 Å². The highest BCUT2D eigenvalue weighted by molar-refractivity contribution is 7.89. The van der Waals surface area contributed by atoms with Crippen LogP contribution in [0.15, 0.2) is 35.5 Å². The monoisotopic (exact) mass is 495 g/mol. The van der Waals surface area contributed by atoms with Crippen molar-refractivity contribution < 1.29 is 17.9 Å². The van der Waals surface area contributed by atoms with Crippen LogP contribution in [0.5, 0.6) is 0 Å². The number of sulfonamides is 1. The van der Waals surface area contributed by atoms with E-state index in [1.165, 1.54) is 15.2 Å². The number of amides is 1. The molecule has 2 aliphatic rings. The summed E-state index contributed by atoms with van der Waals surface area (Å²) in [6, 6.07) is 7.52. The normalized spacial score (nSPS) is 19.7. The molecule has 9 nitrogen and oxygen atoms in total. The van der Waals surface area contributed by atoms with Crippen molar-refractivity contribution in [3.63, 3.8) is 0 Å². The van der Waals surface area contributed by atoms with Gasteiger partial charge in [0.1, 0.15) is 0 Å². The van der Waals surface area contributed by atoms with Crippen LogP contribution in [0.1, 0.15) is 36.5 Å². The van der Waals surface area contributed by atoms with E-state index in [0.29, 0.717) is 37.8 Å². The van der Waals surface area contributed by atoms with E-state index in [-0.39, 0.29) is 29.8 Å². The zero-order valence-corrected chi connectivity index (χ0v) is 20.3. The standard InChI is InChI=1S/C22H30ClN5O4S/c1-2-9-27-16-18(21(29)24-15-17-6-5-14-32-17)22(25-27)33(30,31)28-12-10-26(11-13-28)20-8-4-3-7-19(20)23/h3-4,7-8,16-17H,2,5-6,9-15H2,1H3,(H,24,29)/t17-/m0/s1. The van der Waals surface area contributed by atoms with Gasteiger partial charge in [-0.1, -0.05) is 30.7 Å². The minimum atomic E-state index is -3.94. The Morgan fingerprint density at radius 1 is 1.24 bits per heavy atom. The van der Waals surface area contributed by atoms with E-state index >= 15 is 0 Å². The minimum Gasteiger partial charge on any atom is -0.376 e. The number of nitrogens with one attached hydrogen (secondary N) is 1. The summed E-state index contributed by atoms with van der Waals surface area (Å²) in [5.41, 5.74) is 0.965. The van der Waals surface area contributed by atoms with Gasteiger partial charge in [-0.2, -0.15) is 9.40 Å². The third-order valence-corrected chi connectivity index (χ3v) is 8.11. The highest BCUT2D eigenvalue weighted by atomic mass is 35.5. The van der Waals surface area contributed by atoms with Crippen LogP contribution in [0.25, 0.3) is 0 Å². The number of hydrogen-bond acceptors (Lipinski definition) is 6. The first-order chi connectivity index (χ1) is 15.9. The average molecular weight is 496 g/mol. The van der Waals surface area contributed by atoms with Crippen molar-refractivity contribution >= 4 is 33.2 Å². The number of aryl methyl sites for hydroxylation is 1. The second kappa shape index (κ2) is 10.4. The van der Waals surface area contributed by atoms with Crippen LogP contribution in [0.2, 0.25) is 5.02 Å². The molecule has 2 aliphatic heterocycles. The molecule has 180 valence electrons. The van der Waals surface area contributed by atoms with E-state index < -0.39 is 15.9 Å². The van der Waals surface area contributed by atoms with Gasteiger partial charge in [0.05, 0.1) is 22.4 Å². The first-order valence-corrected chi connectivity index (χ1v) is 13.2. The molecule has 0 bridgehead atoms. The summed E-state index contributed by atoms with van der Waals surface area (Å²) >= 11 is 6.30. The Hall–Kier alpha value is -2.14. The summed E-state index contributed by atoms with van der Waals surface area (Å²) in [5.74, 6) is -0.443. The number of aromatic nitrogens is 2. The van der Waals surface area contributed by atoms with Crippen LogP contribution >= 0.6 is 11.6 Å². The maximum Gasteiger partial charge on any atom is 0.263 e. The summed E-state index contributed by atoms with van der Waals surface area (Å²) in [5, 5.41) is 7.57. The topological polar surface area (TPSA) is 96.8 Å². The third kappa shape index (κ3) is 5.34. The first-order valence-electron chi connectivity index (χ1n) is 11.4. The summed E-state index contributed by atoms with van der Waals surface area (Å²) in [7, 11) is -3.94. The van der Waals surface area contributed by atoms with Gasteiger partial charge in [0, 0.05) is 52.1 Å². The predicted octanol–water partition coefficient (Wildman–Crippen LogP) is 2.37. The fraction of sp³-hybridized carbons (Fsp3) is 0.545. The van der Waals surface area contributed by atoms with Gasteiger partial charge in [-0.05, 0) is 31.4 Å². The number of para-hydroxylation sites is 1.